The smallest absolute Gasteiger partial charge is 0.252 e. The quantitative estimate of drug-likeness (QED) is 0.292. The van der Waals surface area contributed by atoms with Gasteiger partial charge in [0.2, 0.25) is 0 Å². The monoisotopic (exact) mass is 382 g/mol. The van der Waals surface area contributed by atoms with E-state index >= 15 is 0 Å². The van der Waals surface area contributed by atoms with Crippen molar-refractivity contribution in [3.63, 3.8) is 0 Å². The van der Waals surface area contributed by atoms with Crippen LogP contribution in [0, 0.1) is 0 Å². The summed E-state index contributed by atoms with van der Waals surface area (Å²) in [6, 6.07) is 3.33. The Morgan fingerprint density at radius 3 is 1.81 bits per heavy atom. The Morgan fingerprint density at radius 1 is 0.846 bits per heavy atom. The molecule has 1 heterocycles. The van der Waals surface area contributed by atoms with Crippen LogP contribution in [0.5, 0.6) is 0 Å². The number of carbonyl (C=O) groups excluding carboxylic acids is 1. The van der Waals surface area contributed by atoms with Crippen molar-refractivity contribution in [2.45, 2.75) is 83.5 Å². The largest absolute Gasteiger partial charge is 0.396 e. The van der Waals surface area contributed by atoms with Gasteiger partial charge in [-0.15, -0.1) is 0 Å². The number of carbonyl (C=O) groups is 1. The van der Waals surface area contributed by atoms with Crippen LogP contribution in [0.1, 0.15) is 93.8 Å². The first-order chi connectivity index (χ1) is 12.7. The van der Waals surface area contributed by atoms with Gasteiger partial charge in [-0.25, -0.2) is 4.98 Å². The van der Waals surface area contributed by atoms with E-state index < -0.39 is 0 Å². The SMILES string of the molecule is O=C(NCCCCCCCCCCCCCCCO)c1ccc(Cl)nc1. The van der Waals surface area contributed by atoms with Gasteiger partial charge >= 0.3 is 0 Å². The maximum atomic E-state index is 11.9. The van der Waals surface area contributed by atoms with Crippen LogP contribution in [0.25, 0.3) is 0 Å². The van der Waals surface area contributed by atoms with E-state index in [0.717, 1.165) is 19.4 Å². The van der Waals surface area contributed by atoms with E-state index in [1.165, 1.54) is 76.8 Å². The first-order valence-electron chi connectivity index (χ1n) is 10.2. The molecule has 0 unspecified atom stereocenters. The molecule has 0 aromatic carbocycles. The van der Waals surface area contributed by atoms with E-state index in [-0.39, 0.29) is 5.91 Å². The number of nitrogens with zero attached hydrogens (tertiary/aromatic N) is 1. The Morgan fingerprint density at radius 2 is 1.35 bits per heavy atom. The summed E-state index contributed by atoms with van der Waals surface area (Å²) in [5.74, 6) is -0.0782. The lowest BCUT2D eigenvalue weighted by atomic mass is 10.0. The number of halogens is 1. The van der Waals surface area contributed by atoms with Gasteiger partial charge in [0.05, 0.1) is 5.56 Å². The van der Waals surface area contributed by atoms with Crippen molar-refractivity contribution in [2.24, 2.45) is 0 Å². The third-order valence-corrected chi connectivity index (χ3v) is 4.83. The maximum absolute atomic E-state index is 11.9. The zero-order valence-electron chi connectivity index (χ0n) is 16.0. The molecule has 0 aliphatic carbocycles. The summed E-state index contributed by atoms with van der Waals surface area (Å²) >= 11 is 5.71. The number of aromatic nitrogens is 1. The number of pyridine rings is 1. The average molecular weight is 383 g/mol. The van der Waals surface area contributed by atoms with E-state index in [2.05, 4.69) is 10.3 Å². The number of aliphatic hydroxyl groups is 1. The first-order valence-corrected chi connectivity index (χ1v) is 10.6. The Hall–Kier alpha value is -1.13. The maximum Gasteiger partial charge on any atom is 0.252 e. The molecule has 0 spiro atoms. The second-order valence-corrected chi connectivity index (χ2v) is 7.33. The van der Waals surface area contributed by atoms with Gasteiger partial charge in [0.1, 0.15) is 5.15 Å². The molecule has 0 fully saturated rings. The molecule has 0 atom stereocenters. The molecule has 2 N–H and O–H groups in total. The molecule has 148 valence electrons. The average Bonchev–Trinajstić information content (AvgIpc) is 2.65. The van der Waals surface area contributed by atoms with Crippen molar-refractivity contribution < 1.29 is 9.90 Å². The summed E-state index contributed by atoms with van der Waals surface area (Å²) in [7, 11) is 0. The van der Waals surface area contributed by atoms with E-state index in [0.29, 0.717) is 17.3 Å². The third kappa shape index (κ3) is 12.3. The van der Waals surface area contributed by atoms with E-state index in [1.54, 1.807) is 12.1 Å². The van der Waals surface area contributed by atoms with Crippen LogP contribution < -0.4 is 5.32 Å². The highest BCUT2D eigenvalue weighted by atomic mass is 35.5. The lowest BCUT2D eigenvalue weighted by molar-refractivity contribution is 0.0952. The number of hydrogen-bond donors (Lipinski definition) is 2. The first kappa shape index (κ1) is 22.9. The lowest BCUT2D eigenvalue weighted by Gasteiger charge is -2.05. The van der Waals surface area contributed by atoms with Crippen molar-refractivity contribution in [3.8, 4) is 0 Å². The fourth-order valence-electron chi connectivity index (χ4n) is 3.00. The van der Waals surface area contributed by atoms with E-state index in [9.17, 15) is 4.79 Å². The molecular weight excluding hydrogens is 348 g/mol. The molecule has 0 aliphatic rings. The highest BCUT2D eigenvalue weighted by molar-refractivity contribution is 6.29. The predicted octanol–water partition coefficient (Wildman–Crippen LogP) is 5.53. The van der Waals surface area contributed by atoms with Gasteiger partial charge in [0, 0.05) is 19.3 Å². The van der Waals surface area contributed by atoms with Gasteiger partial charge in [-0.1, -0.05) is 82.2 Å². The Balaban J connectivity index is 1.82. The van der Waals surface area contributed by atoms with Crippen molar-refractivity contribution in [1.82, 2.24) is 10.3 Å². The molecule has 0 aliphatic heterocycles. The summed E-state index contributed by atoms with van der Waals surface area (Å²) in [5, 5.41) is 12.0. The number of rotatable bonds is 16. The van der Waals surface area contributed by atoms with Gasteiger partial charge in [0.15, 0.2) is 0 Å². The van der Waals surface area contributed by atoms with Crippen LogP contribution in [-0.4, -0.2) is 29.1 Å². The second-order valence-electron chi connectivity index (χ2n) is 6.95. The van der Waals surface area contributed by atoms with Crippen molar-refractivity contribution >= 4 is 17.5 Å². The predicted molar refractivity (Wildman–Crippen MR) is 109 cm³/mol. The molecule has 0 saturated heterocycles. The van der Waals surface area contributed by atoms with Gasteiger partial charge in [-0.2, -0.15) is 0 Å². The zero-order chi connectivity index (χ0) is 18.9. The van der Waals surface area contributed by atoms with Crippen LogP contribution in [0.15, 0.2) is 18.3 Å². The summed E-state index contributed by atoms with van der Waals surface area (Å²) in [4.78, 5) is 15.8. The molecule has 4 nitrogen and oxygen atoms in total. The van der Waals surface area contributed by atoms with Crippen LogP contribution in [0.4, 0.5) is 0 Å². The lowest BCUT2D eigenvalue weighted by Crippen LogP contribution is -2.24. The molecule has 1 amide bonds. The fraction of sp³-hybridized carbons (Fsp3) is 0.714. The molecule has 1 rings (SSSR count). The molecule has 1 aromatic rings. The highest BCUT2D eigenvalue weighted by Crippen LogP contribution is 2.12. The van der Waals surface area contributed by atoms with Crippen LogP contribution in [0.2, 0.25) is 5.15 Å². The molecule has 1 aromatic heterocycles. The van der Waals surface area contributed by atoms with Gasteiger partial charge < -0.3 is 10.4 Å². The zero-order valence-corrected chi connectivity index (χ0v) is 16.8. The van der Waals surface area contributed by atoms with Crippen LogP contribution >= 0.6 is 11.6 Å². The van der Waals surface area contributed by atoms with E-state index in [4.69, 9.17) is 16.7 Å². The Kier molecular flexibility index (Phi) is 14.2. The number of unbranched alkanes of at least 4 members (excludes halogenated alkanes) is 12. The summed E-state index contributed by atoms with van der Waals surface area (Å²) in [6.45, 7) is 1.06. The molecule has 0 radical (unpaired) electrons. The Labute approximate surface area is 163 Å². The van der Waals surface area contributed by atoms with Crippen molar-refractivity contribution in [1.29, 1.82) is 0 Å². The summed E-state index contributed by atoms with van der Waals surface area (Å²) in [6.07, 6.45) is 17.7. The minimum atomic E-state index is -0.0782. The minimum Gasteiger partial charge on any atom is -0.396 e. The number of aliphatic hydroxyl groups excluding tert-OH is 1. The summed E-state index contributed by atoms with van der Waals surface area (Å²) in [5.41, 5.74) is 0.558. The number of hydrogen-bond acceptors (Lipinski definition) is 3. The van der Waals surface area contributed by atoms with Gasteiger partial charge in [-0.3, -0.25) is 4.79 Å². The molecule has 0 saturated carbocycles. The van der Waals surface area contributed by atoms with Crippen LogP contribution in [0.3, 0.4) is 0 Å². The highest BCUT2D eigenvalue weighted by Gasteiger charge is 2.04. The van der Waals surface area contributed by atoms with Crippen LogP contribution in [-0.2, 0) is 0 Å². The topological polar surface area (TPSA) is 62.2 Å². The molecule has 5 heteroatoms. The summed E-state index contributed by atoms with van der Waals surface area (Å²) < 4.78 is 0. The van der Waals surface area contributed by atoms with Crippen molar-refractivity contribution in [3.05, 3.63) is 29.0 Å². The molecule has 0 bridgehead atoms. The number of amides is 1. The Bertz CT molecular complexity index is 466. The minimum absolute atomic E-state index is 0.0782. The number of nitrogens with one attached hydrogen (secondary N) is 1. The van der Waals surface area contributed by atoms with E-state index in [1.807, 2.05) is 0 Å². The second kappa shape index (κ2) is 16.1. The van der Waals surface area contributed by atoms with Crippen molar-refractivity contribution in [2.75, 3.05) is 13.2 Å². The van der Waals surface area contributed by atoms with Gasteiger partial charge in [-0.05, 0) is 25.0 Å². The normalized spacial score (nSPS) is 10.8. The molecular formula is C21H35ClN2O2. The molecule has 26 heavy (non-hydrogen) atoms. The standard InChI is InChI=1S/C21H35ClN2O2/c22-20-15-14-19(18-24-20)21(26)23-16-12-10-8-6-4-2-1-3-5-7-9-11-13-17-25/h14-15,18,25H,1-13,16-17H2,(H,23,26). The van der Waals surface area contributed by atoms with Gasteiger partial charge in [0.25, 0.3) is 5.91 Å². The third-order valence-electron chi connectivity index (χ3n) is 4.61. The fourth-order valence-corrected chi connectivity index (χ4v) is 3.11.